The zero-order valence-electron chi connectivity index (χ0n) is 14.4. The summed E-state index contributed by atoms with van der Waals surface area (Å²) in [6.45, 7) is 3.99. The van der Waals surface area contributed by atoms with E-state index in [4.69, 9.17) is 5.73 Å². The van der Waals surface area contributed by atoms with Crippen molar-refractivity contribution in [3.63, 3.8) is 0 Å². The first-order chi connectivity index (χ1) is 12.5. The second-order valence-corrected chi connectivity index (χ2v) is 7.01. The van der Waals surface area contributed by atoms with Crippen LogP contribution in [0.1, 0.15) is 11.4 Å². The van der Waals surface area contributed by atoms with Crippen LogP contribution in [0.2, 0.25) is 0 Å². The minimum Gasteiger partial charge on any atom is -0.383 e. The second kappa shape index (κ2) is 6.42. The lowest BCUT2D eigenvalue weighted by Gasteiger charge is -2.11. The largest absolute Gasteiger partial charge is 0.383 e. The molecule has 0 saturated heterocycles. The van der Waals surface area contributed by atoms with Gasteiger partial charge in [-0.3, -0.25) is 4.57 Å². The van der Waals surface area contributed by atoms with Crippen molar-refractivity contribution in [2.24, 2.45) is 0 Å². The van der Waals surface area contributed by atoms with E-state index in [2.05, 4.69) is 36.2 Å². The Kier molecular flexibility index (Phi) is 4.08. The third-order valence-electron chi connectivity index (χ3n) is 4.05. The molecule has 4 aromatic rings. The summed E-state index contributed by atoms with van der Waals surface area (Å²) in [5.41, 5.74) is 9.98. The van der Waals surface area contributed by atoms with Crippen molar-refractivity contribution in [2.75, 3.05) is 11.1 Å². The van der Waals surface area contributed by atoms with E-state index in [1.54, 1.807) is 6.07 Å². The lowest BCUT2D eigenvalue weighted by Crippen LogP contribution is -2.07. The number of hydrogen-bond acceptors (Lipinski definition) is 5. The van der Waals surface area contributed by atoms with Gasteiger partial charge in [-0.25, -0.2) is 4.98 Å². The number of nitrogens with two attached hydrogens (primary N) is 1. The maximum Gasteiger partial charge on any atom is 0.231 e. The van der Waals surface area contributed by atoms with E-state index in [0.29, 0.717) is 17.6 Å². The molecule has 0 bridgehead atoms. The van der Waals surface area contributed by atoms with Crippen molar-refractivity contribution < 1.29 is 0 Å². The van der Waals surface area contributed by atoms with Crippen LogP contribution in [0.25, 0.3) is 16.9 Å². The fourth-order valence-corrected chi connectivity index (χ4v) is 3.20. The minimum absolute atomic E-state index is 0.390. The van der Waals surface area contributed by atoms with Gasteiger partial charge in [0.2, 0.25) is 5.95 Å². The summed E-state index contributed by atoms with van der Waals surface area (Å²) in [7, 11) is 0. The smallest absolute Gasteiger partial charge is 0.231 e. The molecule has 0 aliphatic heterocycles. The van der Waals surface area contributed by atoms with Crippen LogP contribution >= 0.6 is 15.9 Å². The molecular weight excluding hydrogens is 392 g/mol. The normalized spacial score (nSPS) is 11.0. The molecule has 0 aliphatic rings. The maximum atomic E-state index is 6.03. The number of aromatic nitrogens is 4. The average molecular weight is 409 g/mol. The standard InChI is InChI=1S/C19H17BrN6/c1-11-3-6-14(7-4-11)23-19-24-17(21)10-18(25-19)26-12(2)22-15-8-5-13(20)9-16(15)26/h3-10H,1-2H3,(H3,21,23,24,25). The third kappa shape index (κ3) is 3.13. The summed E-state index contributed by atoms with van der Waals surface area (Å²) in [4.78, 5) is 13.5. The highest BCUT2D eigenvalue weighted by Gasteiger charge is 2.13. The number of aryl methyl sites for hydroxylation is 2. The maximum absolute atomic E-state index is 6.03. The molecule has 4 rings (SSSR count). The van der Waals surface area contributed by atoms with Gasteiger partial charge < -0.3 is 11.1 Å². The number of benzene rings is 2. The minimum atomic E-state index is 0.390. The number of nitrogen functional groups attached to an aromatic ring is 1. The van der Waals surface area contributed by atoms with Crippen molar-refractivity contribution in [3.8, 4) is 5.82 Å². The zero-order valence-corrected chi connectivity index (χ0v) is 15.9. The molecule has 7 heteroatoms. The molecule has 3 N–H and O–H groups in total. The van der Waals surface area contributed by atoms with Crippen molar-refractivity contribution in [2.45, 2.75) is 13.8 Å². The van der Waals surface area contributed by atoms with Gasteiger partial charge in [-0.05, 0) is 44.2 Å². The molecule has 2 aromatic carbocycles. The van der Waals surface area contributed by atoms with Gasteiger partial charge in [-0.15, -0.1) is 0 Å². The molecule has 0 unspecified atom stereocenters. The fourth-order valence-electron chi connectivity index (χ4n) is 2.85. The van der Waals surface area contributed by atoms with Crippen LogP contribution in [0.5, 0.6) is 0 Å². The predicted octanol–water partition coefficient (Wildman–Crippen LogP) is 4.52. The monoisotopic (exact) mass is 408 g/mol. The Labute approximate surface area is 159 Å². The van der Waals surface area contributed by atoms with Gasteiger partial charge in [0.25, 0.3) is 0 Å². The van der Waals surface area contributed by atoms with Gasteiger partial charge in [0.05, 0.1) is 11.0 Å². The lowest BCUT2D eigenvalue weighted by molar-refractivity contribution is 0.947. The van der Waals surface area contributed by atoms with E-state index < -0.39 is 0 Å². The summed E-state index contributed by atoms with van der Waals surface area (Å²) in [5, 5.41) is 3.21. The highest BCUT2D eigenvalue weighted by Crippen LogP contribution is 2.25. The zero-order chi connectivity index (χ0) is 18.3. The number of anilines is 3. The van der Waals surface area contributed by atoms with E-state index in [0.717, 1.165) is 27.0 Å². The summed E-state index contributed by atoms with van der Waals surface area (Å²) < 4.78 is 2.95. The van der Waals surface area contributed by atoms with Gasteiger partial charge in [0.1, 0.15) is 17.5 Å². The molecule has 6 nitrogen and oxygen atoms in total. The molecule has 130 valence electrons. The molecule has 0 atom stereocenters. The first kappa shape index (κ1) is 16.5. The van der Waals surface area contributed by atoms with Gasteiger partial charge in [-0.2, -0.15) is 9.97 Å². The Bertz CT molecular complexity index is 1100. The summed E-state index contributed by atoms with van der Waals surface area (Å²) in [6.07, 6.45) is 0. The number of nitrogens with one attached hydrogen (secondary N) is 1. The van der Waals surface area contributed by atoms with E-state index in [9.17, 15) is 0 Å². The quantitative estimate of drug-likeness (QED) is 0.520. The van der Waals surface area contributed by atoms with E-state index in [1.165, 1.54) is 5.56 Å². The van der Waals surface area contributed by atoms with Crippen LogP contribution < -0.4 is 11.1 Å². The molecule has 0 radical (unpaired) electrons. The van der Waals surface area contributed by atoms with Crippen molar-refractivity contribution in [1.82, 2.24) is 19.5 Å². The Morgan fingerprint density at radius 2 is 1.73 bits per heavy atom. The predicted molar refractivity (Wildman–Crippen MR) is 108 cm³/mol. The van der Waals surface area contributed by atoms with Crippen LogP contribution in [0.15, 0.2) is 53.0 Å². The average Bonchev–Trinajstić information content (AvgIpc) is 2.91. The van der Waals surface area contributed by atoms with Crippen LogP contribution in [0.3, 0.4) is 0 Å². The number of rotatable bonds is 3. The highest BCUT2D eigenvalue weighted by molar-refractivity contribution is 9.10. The van der Waals surface area contributed by atoms with Gasteiger partial charge in [0, 0.05) is 16.2 Å². The Hall–Kier alpha value is -2.93. The first-order valence-corrected chi connectivity index (χ1v) is 8.92. The molecule has 0 saturated carbocycles. The molecular formula is C19H17BrN6. The SMILES string of the molecule is Cc1ccc(Nc2nc(N)cc(-n3c(C)nc4ccc(Br)cc43)n2)cc1. The lowest BCUT2D eigenvalue weighted by atomic mass is 10.2. The Morgan fingerprint density at radius 1 is 0.962 bits per heavy atom. The number of nitrogens with zero attached hydrogens (tertiary/aromatic N) is 4. The van der Waals surface area contributed by atoms with Crippen molar-refractivity contribution in [3.05, 3.63) is 64.4 Å². The van der Waals surface area contributed by atoms with Gasteiger partial charge in [-0.1, -0.05) is 33.6 Å². The van der Waals surface area contributed by atoms with Crippen LogP contribution in [0, 0.1) is 13.8 Å². The van der Waals surface area contributed by atoms with Crippen molar-refractivity contribution >= 4 is 44.4 Å². The summed E-state index contributed by atoms with van der Waals surface area (Å²) in [5.74, 6) is 2.34. The summed E-state index contributed by atoms with van der Waals surface area (Å²) >= 11 is 3.52. The number of halogens is 1. The van der Waals surface area contributed by atoms with E-state index in [-0.39, 0.29) is 0 Å². The number of fused-ring (bicyclic) bond motifs is 1. The number of imidazole rings is 1. The van der Waals surface area contributed by atoms with E-state index in [1.807, 2.05) is 60.9 Å². The Morgan fingerprint density at radius 3 is 2.50 bits per heavy atom. The molecule has 2 heterocycles. The second-order valence-electron chi connectivity index (χ2n) is 6.09. The van der Waals surface area contributed by atoms with Crippen LogP contribution in [-0.4, -0.2) is 19.5 Å². The molecule has 0 aliphatic carbocycles. The molecule has 2 aromatic heterocycles. The fraction of sp³-hybridized carbons (Fsp3) is 0.105. The van der Waals surface area contributed by atoms with Crippen LogP contribution in [0.4, 0.5) is 17.5 Å². The Balaban J connectivity index is 1.80. The first-order valence-electron chi connectivity index (χ1n) is 8.13. The van der Waals surface area contributed by atoms with Gasteiger partial charge in [0.15, 0.2) is 0 Å². The topological polar surface area (TPSA) is 81.6 Å². The van der Waals surface area contributed by atoms with Crippen LogP contribution in [-0.2, 0) is 0 Å². The van der Waals surface area contributed by atoms with Crippen molar-refractivity contribution in [1.29, 1.82) is 0 Å². The summed E-state index contributed by atoms with van der Waals surface area (Å²) in [6, 6.07) is 15.7. The van der Waals surface area contributed by atoms with Gasteiger partial charge >= 0.3 is 0 Å². The molecule has 26 heavy (non-hydrogen) atoms. The third-order valence-corrected chi connectivity index (χ3v) is 4.55. The molecule has 0 amide bonds. The molecule has 0 fully saturated rings. The molecule has 0 spiro atoms. The highest BCUT2D eigenvalue weighted by atomic mass is 79.9. The van der Waals surface area contributed by atoms with E-state index >= 15 is 0 Å². The number of hydrogen-bond donors (Lipinski definition) is 2.